The fourth-order valence-electron chi connectivity index (χ4n) is 3.64. The number of nitrogens with one attached hydrogen (secondary N) is 1. The molecule has 2 aliphatic rings. The van der Waals surface area contributed by atoms with Crippen molar-refractivity contribution in [2.24, 2.45) is 10.9 Å². The van der Waals surface area contributed by atoms with Gasteiger partial charge in [0, 0.05) is 45.6 Å². The highest BCUT2D eigenvalue weighted by atomic mass is 127. The van der Waals surface area contributed by atoms with Gasteiger partial charge >= 0.3 is 0 Å². The maximum absolute atomic E-state index is 5.67. The zero-order chi connectivity index (χ0) is 16.8. The Balaban J connectivity index is 0.00000225. The van der Waals surface area contributed by atoms with E-state index in [-0.39, 0.29) is 24.0 Å². The zero-order valence-electron chi connectivity index (χ0n) is 15.2. The molecule has 1 heterocycles. The van der Waals surface area contributed by atoms with Crippen molar-refractivity contribution in [1.82, 2.24) is 10.2 Å². The topological polar surface area (TPSA) is 46.1 Å². The molecule has 2 atom stereocenters. The number of halogens is 1. The van der Waals surface area contributed by atoms with Crippen LogP contribution in [0.1, 0.15) is 23.5 Å². The monoisotopic (exact) mass is 459 g/mol. The Kier molecular flexibility index (Phi) is 8.45. The van der Waals surface area contributed by atoms with Crippen molar-refractivity contribution in [2.45, 2.75) is 18.8 Å². The summed E-state index contributed by atoms with van der Waals surface area (Å²) in [6, 6.07) is 8.74. The van der Waals surface area contributed by atoms with Crippen LogP contribution < -0.4 is 5.32 Å². The first-order valence-corrected chi connectivity index (χ1v) is 8.92. The smallest absolute Gasteiger partial charge is 0.193 e. The second-order valence-electron chi connectivity index (χ2n) is 6.70. The van der Waals surface area contributed by atoms with Gasteiger partial charge in [-0.05, 0) is 24.0 Å². The summed E-state index contributed by atoms with van der Waals surface area (Å²) in [7, 11) is 3.58. The van der Waals surface area contributed by atoms with Crippen LogP contribution in [0.4, 0.5) is 0 Å². The number of hydrogen-bond acceptors (Lipinski definition) is 3. The van der Waals surface area contributed by atoms with Gasteiger partial charge in [0.05, 0.1) is 19.8 Å². The summed E-state index contributed by atoms with van der Waals surface area (Å²) in [5.74, 6) is 2.23. The summed E-state index contributed by atoms with van der Waals surface area (Å²) in [4.78, 5) is 6.83. The molecule has 3 rings (SSSR count). The lowest BCUT2D eigenvalue weighted by atomic mass is 9.78. The normalized spacial score (nSPS) is 22.2. The third-order valence-electron chi connectivity index (χ3n) is 5.05. The molecule has 5 nitrogen and oxygen atoms in total. The third-order valence-corrected chi connectivity index (χ3v) is 5.05. The van der Waals surface area contributed by atoms with Crippen molar-refractivity contribution in [3.63, 3.8) is 0 Å². The van der Waals surface area contributed by atoms with E-state index in [1.807, 2.05) is 7.05 Å². The van der Waals surface area contributed by atoms with Crippen LogP contribution in [0.25, 0.3) is 0 Å². The Hall–Kier alpha value is -0.860. The minimum Gasteiger partial charge on any atom is -0.382 e. The lowest BCUT2D eigenvalue weighted by molar-refractivity contribution is 0.0536. The van der Waals surface area contributed by atoms with Gasteiger partial charge in [0.1, 0.15) is 0 Å². The van der Waals surface area contributed by atoms with Crippen LogP contribution in [0.15, 0.2) is 29.3 Å². The fourth-order valence-corrected chi connectivity index (χ4v) is 3.64. The molecular formula is C19H30IN3O2. The molecule has 1 fully saturated rings. The second kappa shape index (κ2) is 10.3. The Morgan fingerprint density at radius 3 is 2.92 bits per heavy atom. The zero-order valence-corrected chi connectivity index (χ0v) is 17.6. The largest absolute Gasteiger partial charge is 0.382 e. The maximum atomic E-state index is 5.67. The summed E-state index contributed by atoms with van der Waals surface area (Å²) >= 11 is 0. The van der Waals surface area contributed by atoms with E-state index in [1.165, 1.54) is 24.0 Å². The molecule has 1 aromatic carbocycles. The van der Waals surface area contributed by atoms with Gasteiger partial charge in [0.2, 0.25) is 0 Å². The molecule has 1 N–H and O–H groups in total. The van der Waals surface area contributed by atoms with Gasteiger partial charge < -0.3 is 19.7 Å². The molecule has 1 saturated heterocycles. The van der Waals surface area contributed by atoms with E-state index in [0.29, 0.717) is 25.0 Å². The van der Waals surface area contributed by atoms with Crippen LogP contribution >= 0.6 is 24.0 Å². The molecule has 0 spiro atoms. The number of methoxy groups -OCH3 is 1. The summed E-state index contributed by atoms with van der Waals surface area (Å²) < 4.78 is 10.7. The lowest BCUT2D eigenvalue weighted by Crippen LogP contribution is -2.43. The first-order valence-electron chi connectivity index (χ1n) is 8.92. The highest BCUT2D eigenvalue weighted by Gasteiger charge is 2.28. The van der Waals surface area contributed by atoms with Crippen molar-refractivity contribution in [2.75, 3.05) is 53.6 Å². The molecule has 0 bridgehead atoms. The molecule has 0 saturated carbocycles. The summed E-state index contributed by atoms with van der Waals surface area (Å²) in [5.41, 5.74) is 2.99. The number of nitrogens with zero attached hydrogens (tertiary/aromatic N) is 2. The van der Waals surface area contributed by atoms with Gasteiger partial charge in [0.15, 0.2) is 5.96 Å². The predicted octanol–water partition coefficient (Wildman–Crippen LogP) is 2.50. The van der Waals surface area contributed by atoms with Crippen LogP contribution in [0.2, 0.25) is 0 Å². The van der Waals surface area contributed by atoms with Crippen LogP contribution in [-0.4, -0.2) is 64.5 Å². The van der Waals surface area contributed by atoms with Gasteiger partial charge in [-0.3, -0.25) is 4.99 Å². The Bertz CT molecular complexity index is 567. The number of likely N-dealkylation sites (tertiary alicyclic amines) is 1. The molecule has 140 valence electrons. The lowest BCUT2D eigenvalue weighted by Gasteiger charge is -2.32. The van der Waals surface area contributed by atoms with Crippen LogP contribution in [-0.2, 0) is 15.9 Å². The molecule has 1 aromatic rings. The number of ether oxygens (including phenoxy) is 2. The number of rotatable bonds is 7. The highest BCUT2D eigenvalue weighted by molar-refractivity contribution is 14.0. The average molecular weight is 459 g/mol. The Morgan fingerprint density at radius 2 is 2.16 bits per heavy atom. The summed E-state index contributed by atoms with van der Waals surface area (Å²) in [5, 5.41) is 3.57. The van der Waals surface area contributed by atoms with Crippen LogP contribution in [0.3, 0.4) is 0 Å². The van der Waals surface area contributed by atoms with Crippen molar-refractivity contribution in [1.29, 1.82) is 0 Å². The van der Waals surface area contributed by atoms with Crippen LogP contribution in [0.5, 0.6) is 0 Å². The van der Waals surface area contributed by atoms with Crippen LogP contribution in [0, 0.1) is 5.92 Å². The maximum Gasteiger partial charge on any atom is 0.193 e. The molecule has 25 heavy (non-hydrogen) atoms. The number of aliphatic imine (C=N–C) groups is 1. The Morgan fingerprint density at radius 1 is 1.32 bits per heavy atom. The molecule has 0 radical (unpaired) electrons. The van der Waals surface area contributed by atoms with Gasteiger partial charge in [-0.2, -0.15) is 0 Å². The summed E-state index contributed by atoms with van der Waals surface area (Å²) in [6.45, 7) is 5.21. The predicted molar refractivity (Wildman–Crippen MR) is 112 cm³/mol. The molecule has 6 heteroatoms. The quantitative estimate of drug-likeness (QED) is 0.295. The first-order chi connectivity index (χ1) is 11.8. The minimum atomic E-state index is 0. The molecule has 1 aliphatic heterocycles. The van der Waals surface area contributed by atoms with Crippen molar-refractivity contribution in [3.05, 3.63) is 35.4 Å². The van der Waals surface area contributed by atoms with Crippen molar-refractivity contribution >= 4 is 29.9 Å². The Labute approximate surface area is 168 Å². The van der Waals surface area contributed by atoms with E-state index in [0.717, 1.165) is 32.2 Å². The molecule has 1 aliphatic carbocycles. The molecule has 2 unspecified atom stereocenters. The van der Waals surface area contributed by atoms with Gasteiger partial charge in [0.25, 0.3) is 0 Å². The molecule has 0 aromatic heterocycles. The van der Waals surface area contributed by atoms with E-state index in [2.05, 4.69) is 39.5 Å². The number of hydrogen-bond donors (Lipinski definition) is 1. The van der Waals surface area contributed by atoms with Gasteiger partial charge in [-0.25, -0.2) is 0 Å². The summed E-state index contributed by atoms with van der Waals surface area (Å²) in [6.07, 6.45) is 2.34. The average Bonchev–Trinajstić information content (AvgIpc) is 3.05. The minimum absolute atomic E-state index is 0. The SMILES string of the molecule is CN=C(NCC1Cc2ccccc21)N1CCC(COCCOC)C1.I. The first kappa shape index (κ1) is 20.5. The van der Waals surface area contributed by atoms with E-state index in [4.69, 9.17) is 9.47 Å². The van der Waals surface area contributed by atoms with Gasteiger partial charge in [-0.1, -0.05) is 24.3 Å². The molecular weight excluding hydrogens is 429 g/mol. The second-order valence-corrected chi connectivity index (χ2v) is 6.70. The fraction of sp³-hybridized carbons (Fsp3) is 0.632. The molecule has 0 amide bonds. The van der Waals surface area contributed by atoms with E-state index in [9.17, 15) is 0 Å². The van der Waals surface area contributed by atoms with E-state index >= 15 is 0 Å². The van der Waals surface area contributed by atoms with E-state index < -0.39 is 0 Å². The van der Waals surface area contributed by atoms with E-state index in [1.54, 1.807) is 7.11 Å². The van der Waals surface area contributed by atoms with Crippen molar-refractivity contribution < 1.29 is 9.47 Å². The number of guanidine groups is 1. The van der Waals surface area contributed by atoms with Crippen molar-refractivity contribution in [3.8, 4) is 0 Å². The highest BCUT2D eigenvalue weighted by Crippen LogP contribution is 2.34. The standard InChI is InChI=1S/C19H29N3O2.HI/c1-20-19(21-12-17-11-16-5-3-4-6-18(16)17)22-8-7-15(13-22)14-24-10-9-23-2;/h3-6,15,17H,7-14H2,1-2H3,(H,20,21);1H. The number of fused-ring (bicyclic) bond motifs is 1. The number of benzene rings is 1. The van der Waals surface area contributed by atoms with Gasteiger partial charge in [-0.15, -0.1) is 24.0 Å². The third kappa shape index (κ3) is 5.31.